The van der Waals surface area contributed by atoms with Crippen LogP contribution in [0.15, 0.2) is 90.6 Å². The van der Waals surface area contributed by atoms with Crippen molar-refractivity contribution in [2.45, 2.75) is 11.8 Å². The normalized spacial score (nSPS) is 11.4. The SMILES string of the molecule is C=CCOc1ccc(C=NNC(=O)C(CSCc2ccccc2)NC(=O)c2cc([N+](=O)[O-])cc([N+](=O)[O-])c2)cc1. The van der Waals surface area contributed by atoms with Crippen molar-refractivity contribution in [2.75, 3.05) is 12.4 Å². The van der Waals surface area contributed by atoms with Crippen molar-refractivity contribution in [3.05, 3.63) is 122 Å². The van der Waals surface area contributed by atoms with Crippen molar-refractivity contribution in [1.82, 2.24) is 10.7 Å². The highest BCUT2D eigenvalue weighted by Gasteiger charge is 2.25. The van der Waals surface area contributed by atoms with Crippen LogP contribution in [-0.4, -0.2) is 46.3 Å². The molecule has 0 saturated carbocycles. The summed E-state index contributed by atoms with van der Waals surface area (Å²) in [4.78, 5) is 46.7. The number of hydrogen-bond acceptors (Lipinski definition) is 9. The Balaban J connectivity index is 1.73. The first-order chi connectivity index (χ1) is 19.3. The van der Waals surface area contributed by atoms with Gasteiger partial charge in [0.15, 0.2) is 0 Å². The summed E-state index contributed by atoms with van der Waals surface area (Å²) in [5.41, 5.74) is 2.50. The summed E-state index contributed by atoms with van der Waals surface area (Å²) in [6.45, 7) is 3.95. The molecule has 3 rings (SSSR count). The predicted octanol–water partition coefficient (Wildman–Crippen LogP) is 4.25. The van der Waals surface area contributed by atoms with E-state index in [0.717, 1.165) is 23.8 Å². The number of thioether (sulfide) groups is 1. The number of carbonyl (C=O) groups is 2. The van der Waals surface area contributed by atoms with Crippen LogP contribution in [0.5, 0.6) is 5.75 Å². The minimum Gasteiger partial charge on any atom is -0.490 e. The molecule has 0 spiro atoms. The quantitative estimate of drug-likeness (QED) is 0.127. The number of rotatable bonds is 14. The van der Waals surface area contributed by atoms with Crippen LogP contribution in [0.4, 0.5) is 11.4 Å². The van der Waals surface area contributed by atoms with Crippen LogP contribution >= 0.6 is 11.8 Å². The average Bonchev–Trinajstić information content (AvgIpc) is 2.96. The van der Waals surface area contributed by atoms with Crippen LogP contribution in [0.3, 0.4) is 0 Å². The molecule has 40 heavy (non-hydrogen) atoms. The molecule has 0 aliphatic heterocycles. The van der Waals surface area contributed by atoms with E-state index >= 15 is 0 Å². The van der Waals surface area contributed by atoms with Gasteiger partial charge in [0.05, 0.1) is 27.7 Å². The highest BCUT2D eigenvalue weighted by molar-refractivity contribution is 7.98. The molecule has 206 valence electrons. The maximum Gasteiger partial charge on any atom is 0.277 e. The second-order valence-electron chi connectivity index (χ2n) is 8.18. The number of ether oxygens (including phenoxy) is 1. The molecule has 2 N–H and O–H groups in total. The second-order valence-corrected chi connectivity index (χ2v) is 9.21. The maximum absolute atomic E-state index is 13.0. The lowest BCUT2D eigenvalue weighted by Gasteiger charge is -2.17. The summed E-state index contributed by atoms with van der Waals surface area (Å²) in [6.07, 6.45) is 3.04. The minimum absolute atomic E-state index is 0.133. The molecule has 3 aromatic rings. The number of nitro benzene ring substituents is 2. The van der Waals surface area contributed by atoms with Gasteiger partial charge in [0.25, 0.3) is 23.2 Å². The van der Waals surface area contributed by atoms with Gasteiger partial charge in [-0.1, -0.05) is 43.0 Å². The first-order valence-electron chi connectivity index (χ1n) is 11.8. The Hall–Kier alpha value is -5.04. The van der Waals surface area contributed by atoms with E-state index in [1.807, 2.05) is 30.3 Å². The molecule has 3 aromatic carbocycles. The number of non-ortho nitro benzene ring substituents is 2. The molecule has 0 bridgehead atoms. The van der Waals surface area contributed by atoms with Crippen LogP contribution in [0.25, 0.3) is 0 Å². The smallest absolute Gasteiger partial charge is 0.277 e. The van der Waals surface area contributed by atoms with Gasteiger partial charge in [-0.15, -0.1) is 0 Å². The molecule has 0 saturated heterocycles. The first kappa shape index (κ1) is 29.5. The predicted molar refractivity (Wildman–Crippen MR) is 151 cm³/mol. The Morgan fingerprint density at radius 2 is 1.65 bits per heavy atom. The van der Waals surface area contributed by atoms with E-state index in [-0.39, 0.29) is 11.3 Å². The summed E-state index contributed by atoms with van der Waals surface area (Å²) in [5.74, 6) is -0.205. The van der Waals surface area contributed by atoms with Gasteiger partial charge < -0.3 is 10.1 Å². The third kappa shape index (κ3) is 9.06. The first-order valence-corrected chi connectivity index (χ1v) is 13.0. The fourth-order valence-electron chi connectivity index (χ4n) is 3.28. The minimum atomic E-state index is -1.11. The van der Waals surface area contributed by atoms with Crippen molar-refractivity contribution < 1.29 is 24.2 Å². The average molecular weight is 564 g/mol. The Kier molecular flexibility index (Phi) is 10.9. The number of hydrazone groups is 1. The number of nitrogens with one attached hydrogen (secondary N) is 2. The van der Waals surface area contributed by atoms with Crippen LogP contribution in [0.1, 0.15) is 21.5 Å². The third-order valence-corrected chi connectivity index (χ3v) is 6.35. The topological polar surface area (TPSA) is 166 Å². The van der Waals surface area contributed by atoms with Crippen molar-refractivity contribution >= 4 is 41.2 Å². The lowest BCUT2D eigenvalue weighted by atomic mass is 10.1. The van der Waals surface area contributed by atoms with Gasteiger partial charge in [0.1, 0.15) is 18.4 Å². The van der Waals surface area contributed by atoms with Gasteiger partial charge in [0.2, 0.25) is 0 Å². The van der Waals surface area contributed by atoms with Gasteiger partial charge in [-0.05, 0) is 35.4 Å². The highest BCUT2D eigenvalue weighted by Crippen LogP contribution is 2.23. The molecular formula is C27H25N5O7S. The molecule has 0 aliphatic carbocycles. The van der Waals surface area contributed by atoms with Crippen molar-refractivity contribution in [2.24, 2.45) is 5.10 Å². The van der Waals surface area contributed by atoms with Gasteiger partial charge in [-0.25, -0.2) is 5.43 Å². The van der Waals surface area contributed by atoms with Crippen molar-refractivity contribution in [3.63, 3.8) is 0 Å². The fourth-order valence-corrected chi connectivity index (χ4v) is 4.30. The number of nitrogens with zero attached hydrogens (tertiary/aromatic N) is 3. The Labute approximate surface area is 233 Å². The fraction of sp³-hybridized carbons (Fsp3) is 0.148. The van der Waals surface area contributed by atoms with Gasteiger partial charge in [-0.2, -0.15) is 16.9 Å². The molecule has 2 amide bonds. The van der Waals surface area contributed by atoms with Gasteiger partial charge >= 0.3 is 0 Å². The molecule has 0 heterocycles. The van der Waals surface area contributed by atoms with E-state index < -0.39 is 39.1 Å². The van der Waals surface area contributed by atoms with E-state index in [4.69, 9.17) is 4.74 Å². The summed E-state index contributed by atoms with van der Waals surface area (Å²) in [5, 5.41) is 28.9. The summed E-state index contributed by atoms with van der Waals surface area (Å²) < 4.78 is 5.42. The molecule has 1 atom stereocenters. The number of amides is 2. The summed E-state index contributed by atoms with van der Waals surface area (Å²) in [6, 6.07) is 17.9. The molecular weight excluding hydrogens is 538 g/mol. The van der Waals surface area contributed by atoms with Crippen LogP contribution in [-0.2, 0) is 10.5 Å². The molecule has 0 aliphatic rings. The molecule has 12 nitrogen and oxygen atoms in total. The number of carbonyl (C=O) groups excluding carboxylic acids is 2. The van der Waals surface area contributed by atoms with Gasteiger partial charge in [0, 0.05) is 23.6 Å². The van der Waals surface area contributed by atoms with Crippen molar-refractivity contribution in [3.8, 4) is 5.75 Å². The van der Waals surface area contributed by atoms with E-state index in [1.165, 1.54) is 18.0 Å². The Bertz CT molecular complexity index is 1370. The van der Waals surface area contributed by atoms with Crippen molar-refractivity contribution in [1.29, 1.82) is 0 Å². The van der Waals surface area contributed by atoms with Crippen LogP contribution in [0.2, 0.25) is 0 Å². The van der Waals surface area contributed by atoms with Gasteiger partial charge in [-0.3, -0.25) is 29.8 Å². The lowest BCUT2D eigenvalue weighted by molar-refractivity contribution is -0.394. The number of benzene rings is 3. The van der Waals surface area contributed by atoms with Crippen LogP contribution < -0.4 is 15.5 Å². The monoisotopic (exact) mass is 563 g/mol. The summed E-state index contributed by atoms with van der Waals surface area (Å²) in [7, 11) is 0. The maximum atomic E-state index is 13.0. The molecule has 0 aromatic heterocycles. The standard InChI is InChI=1S/C27H25N5O7S/c1-2-12-39-24-10-8-19(9-11-24)16-28-30-27(34)25(18-40-17-20-6-4-3-5-7-20)29-26(33)21-13-22(31(35)36)15-23(14-21)32(37)38/h2-11,13-16,25H,1,12,17-18H2,(H,29,33)(H,30,34). The molecule has 0 radical (unpaired) electrons. The molecule has 1 unspecified atom stereocenters. The molecule has 0 fully saturated rings. The Morgan fingerprint density at radius 3 is 2.25 bits per heavy atom. The lowest BCUT2D eigenvalue weighted by Crippen LogP contribution is -2.47. The number of nitro groups is 2. The zero-order chi connectivity index (χ0) is 28.9. The summed E-state index contributed by atoms with van der Waals surface area (Å²) >= 11 is 1.37. The largest absolute Gasteiger partial charge is 0.490 e. The van der Waals surface area contributed by atoms with E-state index in [1.54, 1.807) is 30.3 Å². The Morgan fingerprint density at radius 1 is 1.00 bits per heavy atom. The van der Waals surface area contributed by atoms with E-state index in [0.29, 0.717) is 23.7 Å². The highest BCUT2D eigenvalue weighted by atomic mass is 32.2. The van der Waals surface area contributed by atoms with E-state index in [9.17, 15) is 29.8 Å². The second kappa shape index (κ2) is 14.8. The van der Waals surface area contributed by atoms with E-state index in [2.05, 4.69) is 22.4 Å². The zero-order valence-electron chi connectivity index (χ0n) is 21.1. The molecule has 13 heteroatoms. The third-order valence-electron chi connectivity index (χ3n) is 5.24. The number of hydrogen-bond donors (Lipinski definition) is 2. The zero-order valence-corrected chi connectivity index (χ0v) is 21.9. The van der Waals surface area contributed by atoms with Crippen LogP contribution in [0, 0.1) is 20.2 Å².